The van der Waals surface area contributed by atoms with Gasteiger partial charge >= 0.3 is 0 Å². The molecule has 7 rings (SSSR count). The number of imidazole rings is 1. The SMILES string of the molecule is Fc1cc(F)cc(-n2c(-c3cccc(-c4nc(-c5ccccc5)nc(-c5ccccc5)n4)c3)nc3ccccc32)c1. The van der Waals surface area contributed by atoms with E-state index in [-0.39, 0.29) is 0 Å². The molecule has 7 aromatic rings. The highest BCUT2D eigenvalue weighted by Crippen LogP contribution is 2.32. The topological polar surface area (TPSA) is 56.5 Å². The van der Waals surface area contributed by atoms with Crippen molar-refractivity contribution in [1.82, 2.24) is 24.5 Å². The van der Waals surface area contributed by atoms with E-state index in [2.05, 4.69) is 0 Å². The highest BCUT2D eigenvalue weighted by molar-refractivity contribution is 5.84. The Morgan fingerprint density at radius 3 is 1.59 bits per heavy atom. The fraction of sp³-hybridized carbons (Fsp3) is 0. The first-order valence-electron chi connectivity index (χ1n) is 13.0. The Kier molecular flexibility index (Phi) is 6.09. The van der Waals surface area contributed by atoms with Gasteiger partial charge in [-0.25, -0.2) is 28.7 Å². The number of halogens is 2. The zero-order valence-electron chi connectivity index (χ0n) is 21.6. The molecule has 2 aromatic heterocycles. The lowest BCUT2D eigenvalue weighted by molar-refractivity contribution is 0.582. The average molecular weight is 538 g/mol. The van der Waals surface area contributed by atoms with Gasteiger partial charge in [0.2, 0.25) is 0 Å². The molecular weight excluding hydrogens is 516 g/mol. The van der Waals surface area contributed by atoms with Gasteiger partial charge in [0, 0.05) is 28.3 Å². The minimum Gasteiger partial charge on any atom is -0.292 e. The summed E-state index contributed by atoms with van der Waals surface area (Å²) in [7, 11) is 0. The zero-order chi connectivity index (χ0) is 27.8. The molecular formula is C34H21F2N5. The third kappa shape index (κ3) is 4.74. The first kappa shape index (κ1) is 24.5. The quantitative estimate of drug-likeness (QED) is 0.222. The van der Waals surface area contributed by atoms with Crippen molar-refractivity contribution in [3.63, 3.8) is 0 Å². The van der Waals surface area contributed by atoms with Crippen molar-refractivity contribution in [2.24, 2.45) is 0 Å². The molecule has 0 N–H and O–H groups in total. The summed E-state index contributed by atoms with van der Waals surface area (Å²) in [5.74, 6) is 0.830. The first-order valence-corrected chi connectivity index (χ1v) is 13.0. The van der Waals surface area contributed by atoms with Crippen molar-refractivity contribution < 1.29 is 8.78 Å². The van der Waals surface area contributed by atoms with Crippen molar-refractivity contribution in [3.8, 4) is 51.2 Å². The fourth-order valence-electron chi connectivity index (χ4n) is 4.88. The van der Waals surface area contributed by atoms with Crippen LogP contribution in [0.4, 0.5) is 8.78 Å². The van der Waals surface area contributed by atoms with Crippen LogP contribution in [-0.4, -0.2) is 24.5 Å². The standard InChI is InChI=1S/C34H21F2N5/c35-26-19-27(36)21-28(20-26)41-30-17-8-7-16-29(30)37-34(41)25-15-9-14-24(18-25)33-39-31(22-10-3-1-4-11-22)38-32(40-33)23-12-5-2-6-13-23/h1-21H. The van der Waals surface area contributed by atoms with Gasteiger partial charge in [0.05, 0.1) is 16.7 Å². The van der Waals surface area contributed by atoms with Crippen LogP contribution in [0.1, 0.15) is 0 Å². The van der Waals surface area contributed by atoms with Crippen LogP contribution in [-0.2, 0) is 0 Å². The molecule has 0 aliphatic carbocycles. The second kappa shape index (κ2) is 10.2. The molecule has 0 unspecified atom stereocenters. The van der Waals surface area contributed by atoms with Crippen LogP contribution in [0.2, 0.25) is 0 Å². The van der Waals surface area contributed by atoms with Gasteiger partial charge in [0.15, 0.2) is 17.5 Å². The molecule has 0 spiro atoms. The predicted molar refractivity (Wildman–Crippen MR) is 156 cm³/mol. The molecule has 0 saturated heterocycles. The van der Waals surface area contributed by atoms with Gasteiger partial charge in [-0.05, 0) is 30.3 Å². The summed E-state index contributed by atoms with van der Waals surface area (Å²) in [6.45, 7) is 0. The maximum Gasteiger partial charge on any atom is 0.164 e. The van der Waals surface area contributed by atoms with E-state index in [9.17, 15) is 8.78 Å². The molecule has 0 fully saturated rings. The summed E-state index contributed by atoms with van der Waals surface area (Å²) in [6.07, 6.45) is 0. The smallest absolute Gasteiger partial charge is 0.164 e. The molecule has 0 aliphatic heterocycles. The summed E-state index contributed by atoms with van der Waals surface area (Å²) >= 11 is 0. The molecule has 0 saturated carbocycles. The number of benzene rings is 5. The lowest BCUT2D eigenvalue weighted by atomic mass is 10.1. The third-order valence-electron chi connectivity index (χ3n) is 6.74. The van der Waals surface area contributed by atoms with Gasteiger partial charge in [0.1, 0.15) is 17.5 Å². The molecule has 41 heavy (non-hydrogen) atoms. The number of rotatable bonds is 5. The van der Waals surface area contributed by atoms with Gasteiger partial charge < -0.3 is 0 Å². The molecule has 2 heterocycles. The molecule has 5 aromatic carbocycles. The van der Waals surface area contributed by atoms with E-state index in [0.717, 1.165) is 33.8 Å². The number of hydrogen-bond donors (Lipinski definition) is 0. The van der Waals surface area contributed by atoms with Crippen molar-refractivity contribution in [1.29, 1.82) is 0 Å². The minimum atomic E-state index is -0.662. The van der Waals surface area contributed by atoms with Gasteiger partial charge in [-0.3, -0.25) is 4.57 Å². The zero-order valence-corrected chi connectivity index (χ0v) is 21.6. The normalized spacial score (nSPS) is 11.2. The van der Waals surface area contributed by atoms with Gasteiger partial charge in [-0.1, -0.05) is 91.0 Å². The van der Waals surface area contributed by atoms with E-state index >= 15 is 0 Å². The Bertz CT molecular complexity index is 1940. The van der Waals surface area contributed by atoms with Crippen molar-refractivity contribution in [3.05, 3.63) is 139 Å². The van der Waals surface area contributed by atoms with E-state index < -0.39 is 11.6 Å². The Morgan fingerprint density at radius 1 is 0.439 bits per heavy atom. The molecule has 196 valence electrons. The summed E-state index contributed by atoms with van der Waals surface area (Å²) in [6, 6.07) is 38.2. The maximum atomic E-state index is 14.3. The van der Waals surface area contributed by atoms with Crippen LogP contribution in [0.15, 0.2) is 127 Å². The number of nitrogens with zero attached hydrogens (tertiary/aromatic N) is 5. The number of aromatic nitrogens is 5. The summed E-state index contributed by atoms with van der Waals surface area (Å²) in [5, 5.41) is 0. The Hall–Kier alpha value is -5.56. The van der Waals surface area contributed by atoms with Crippen molar-refractivity contribution in [2.75, 3.05) is 0 Å². The molecule has 7 heteroatoms. The highest BCUT2D eigenvalue weighted by atomic mass is 19.1. The summed E-state index contributed by atoms with van der Waals surface area (Å²) < 4.78 is 30.4. The predicted octanol–water partition coefficient (Wildman–Crippen LogP) is 8.16. The van der Waals surface area contributed by atoms with Crippen LogP contribution in [0.3, 0.4) is 0 Å². The van der Waals surface area contributed by atoms with Crippen molar-refractivity contribution in [2.45, 2.75) is 0 Å². The Balaban J connectivity index is 1.42. The van der Waals surface area contributed by atoms with E-state index in [0.29, 0.717) is 34.5 Å². The van der Waals surface area contributed by atoms with E-state index in [1.54, 1.807) is 4.57 Å². The second-order valence-corrected chi connectivity index (χ2v) is 9.51. The molecule has 5 nitrogen and oxygen atoms in total. The van der Waals surface area contributed by atoms with E-state index in [4.69, 9.17) is 19.9 Å². The fourth-order valence-corrected chi connectivity index (χ4v) is 4.88. The molecule has 0 aliphatic rings. The number of para-hydroxylation sites is 2. The van der Waals surface area contributed by atoms with E-state index in [1.165, 1.54) is 12.1 Å². The monoisotopic (exact) mass is 537 g/mol. The molecule has 0 amide bonds. The Morgan fingerprint density at radius 2 is 0.951 bits per heavy atom. The van der Waals surface area contributed by atoms with Crippen LogP contribution in [0.5, 0.6) is 0 Å². The largest absolute Gasteiger partial charge is 0.292 e. The number of fused-ring (bicyclic) bond motifs is 1. The summed E-state index contributed by atoms with van der Waals surface area (Å²) in [5.41, 5.74) is 5.02. The lowest BCUT2D eigenvalue weighted by Crippen LogP contribution is -2.01. The molecule has 0 bridgehead atoms. The molecule has 0 atom stereocenters. The van der Waals surface area contributed by atoms with Gasteiger partial charge in [-0.15, -0.1) is 0 Å². The van der Waals surface area contributed by atoms with Gasteiger partial charge in [0.25, 0.3) is 0 Å². The van der Waals surface area contributed by atoms with E-state index in [1.807, 2.05) is 109 Å². The second-order valence-electron chi connectivity index (χ2n) is 9.51. The van der Waals surface area contributed by atoms with Crippen LogP contribution < -0.4 is 0 Å². The highest BCUT2D eigenvalue weighted by Gasteiger charge is 2.18. The van der Waals surface area contributed by atoms with Crippen molar-refractivity contribution >= 4 is 11.0 Å². The average Bonchev–Trinajstić information content (AvgIpc) is 3.41. The summed E-state index contributed by atoms with van der Waals surface area (Å²) in [4.78, 5) is 19.3. The number of hydrogen-bond acceptors (Lipinski definition) is 4. The third-order valence-corrected chi connectivity index (χ3v) is 6.74. The van der Waals surface area contributed by atoms with Gasteiger partial charge in [-0.2, -0.15) is 0 Å². The van der Waals surface area contributed by atoms with Crippen LogP contribution >= 0.6 is 0 Å². The lowest BCUT2D eigenvalue weighted by Gasteiger charge is -2.12. The Labute approximate surface area is 234 Å². The van der Waals surface area contributed by atoms with Crippen LogP contribution in [0, 0.1) is 11.6 Å². The maximum absolute atomic E-state index is 14.3. The van der Waals surface area contributed by atoms with Crippen LogP contribution in [0.25, 0.3) is 62.3 Å². The molecule has 0 radical (unpaired) electrons. The first-order chi connectivity index (χ1) is 20.1. The minimum absolute atomic E-state index is 0.342.